The first-order valence-corrected chi connectivity index (χ1v) is 11.9. The van der Waals surface area contributed by atoms with Gasteiger partial charge < -0.3 is 9.64 Å². The number of hydrogen-bond donors (Lipinski definition) is 1. The number of halogens is 3. The Bertz CT molecular complexity index is 956. The van der Waals surface area contributed by atoms with Gasteiger partial charge in [0, 0.05) is 50.6 Å². The number of carbonyl (C=O) groups is 1. The van der Waals surface area contributed by atoms with Crippen LogP contribution >= 0.6 is 11.3 Å². The van der Waals surface area contributed by atoms with E-state index in [1.807, 2.05) is 11.4 Å². The molecule has 7 nitrogen and oxygen atoms in total. The summed E-state index contributed by atoms with van der Waals surface area (Å²) < 4.78 is 67.1. The Balaban J connectivity index is 1.42. The molecule has 12 heteroatoms. The highest BCUT2D eigenvalue weighted by atomic mass is 32.2. The maximum atomic E-state index is 12.4. The minimum atomic E-state index is -4.85. The van der Waals surface area contributed by atoms with Gasteiger partial charge in [-0.2, -0.15) is 0 Å². The topological polar surface area (TPSA) is 78.9 Å². The first kappa shape index (κ1) is 23.5. The van der Waals surface area contributed by atoms with Crippen molar-refractivity contribution in [3.05, 3.63) is 46.7 Å². The van der Waals surface area contributed by atoms with Crippen molar-refractivity contribution >= 4 is 27.3 Å². The number of nitrogens with one attached hydrogen (secondary N) is 1. The number of carbonyl (C=O) groups excluding carboxylic acids is 1. The predicted octanol–water partition coefficient (Wildman–Crippen LogP) is 2.66. The van der Waals surface area contributed by atoms with Crippen LogP contribution in [0.2, 0.25) is 0 Å². The molecule has 1 amide bonds. The maximum absolute atomic E-state index is 12.4. The van der Waals surface area contributed by atoms with E-state index in [9.17, 15) is 26.4 Å². The Hall–Kier alpha value is -2.15. The molecule has 0 aliphatic carbocycles. The number of hydrogen-bond acceptors (Lipinski definition) is 6. The summed E-state index contributed by atoms with van der Waals surface area (Å²) in [7, 11) is -3.95. The van der Waals surface area contributed by atoms with Gasteiger partial charge >= 0.3 is 6.36 Å². The zero-order valence-electron chi connectivity index (χ0n) is 16.5. The Morgan fingerprint density at radius 1 is 1.10 bits per heavy atom. The third-order valence-electron chi connectivity index (χ3n) is 4.68. The number of nitrogens with zero attached hydrogens (tertiary/aromatic N) is 2. The molecule has 0 bridgehead atoms. The standard InChI is InChI=1S/C19H22F3N3O4S2/c20-19(21,22)29-15-3-5-17(6-4-15)31(27,28)23-8-7-18(26)25-11-9-24(10-12-25)14-16-2-1-13-30-16/h1-6,13,23H,7-12,14H2. The van der Waals surface area contributed by atoms with E-state index in [1.54, 1.807) is 16.2 Å². The van der Waals surface area contributed by atoms with Gasteiger partial charge in [0.25, 0.3) is 0 Å². The zero-order chi connectivity index (χ0) is 22.5. The van der Waals surface area contributed by atoms with Gasteiger partial charge in [0.15, 0.2) is 0 Å². The molecule has 0 unspecified atom stereocenters. The van der Waals surface area contributed by atoms with E-state index in [0.29, 0.717) is 13.1 Å². The predicted molar refractivity (Wildman–Crippen MR) is 109 cm³/mol. The molecule has 1 aromatic carbocycles. The molecule has 0 radical (unpaired) electrons. The second-order valence-electron chi connectivity index (χ2n) is 6.90. The van der Waals surface area contributed by atoms with E-state index in [2.05, 4.69) is 20.4 Å². The molecule has 0 saturated carbocycles. The highest BCUT2D eigenvalue weighted by molar-refractivity contribution is 7.89. The lowest BCUT2D eigenvalue weighted by atomic mass is 10.2. The fourth-order valence-corrected chi connectivity index (χ4v) is 4.91. The number of thiophene rings is 1. The van der Waals surface area contributed by atoms with Gasteiger partial charge in [-0.3, -0.25) is 9.69 Å². The van der Waals surface area contributed by atoms with E-state index >= 15 is 0 Å². The first-order chi connectivity index (χ1) is 14.6. The Labute approximate surface area is 182 Å². The number of benzene rings is 1. The second kappa shape index (κ2) is 9.98. The van der Waals surface area contributed by atoms with Gasteiger partial charge in [-0.05, 0) is 35.7 Å². The molecule has 1 aliphatic heterocycles. The molecule has 1 aliphatic rings. The van der Waals surface area contributed by atoms with Crippen molar-refractivity contribution in [2.24, 2.45) is 0 Å². The lowest BCUT2D eigenvalue weighted by molar-refractivity contribution is -0.274. The van der Waals surface area contributed by atoms with E-state index in [4.69, 9.17) is 0 Å². The van der Waals surface area contributed by atoms with Crippen molar-refractivity contribution in [3.8, 4) is 5.75 Å². The summed E-state index contributed by atoms with van der Waals surface area (Å²) in [4.78, 5) is 17.4. The van der Waals surface area contributed by atoms with Crippen molar-refractivity contribution in [1.29, 1.82) is 0 Å². The van der Waals surface area contributed by atoms with E-state index < -0.39 is 22.1 Å². The molecular weight excluding hydrogens is 455 g/mol. The van der Waals surface area contributed by atoms with Crippen LogP contribution in [0, 0.1) is 0 Å². The highest BCUT2D eigenvalue weighted by Crippen LogP contribution is 2.23. The van der Waals surface area contributed by atoms with Gasteiger partial charge in [-0.25, -0.2) is 13.1 Å². The third-order valence-corrected chi connectivity index (χ3v) is 7.02. The molecule has 1 fully saturated rings. The minimum absolute atomic E-state index is 0.000572. The van der Waals surface area contributed by atoms with Crippen molar-refractivity contribution in [2.75, 3.05) is 32.7 Å². The van der Waals surface area contributed by atoms with Crippen LogP contribution in [0.3, 0.4) is 0 Å². The summed E-state index contributed by atoms with van der Waals surface area (Å²) in [5, 5.41) is 2.03. The number of ether oxygens (including phenoxy) is 1. The lowest BCUT2D eigenvalue weighted by Crippen LogP contribution is -2.48. The smallest absolute Gasteiger partial charge is 0.406 e. The van der Waals surface area contributed by atoms with Gasteiger partial charge in [-0.1, -0.05) is 6.07 Å². The number of sulfonamides is 1. The summed E-state index contributed by atoms with van der Waals surface area (Å²) in [5.41, 5.74) is 0. The lowest BCUT2D eigenvalue weighted by Gasteiger charge is -2.34. The molecule has 31 heavy (non-hydrogen) atoms. The van der Waals surface area contributed by atoms with Crippen molar-refractivity contribution in [2.45, 2.75) is 24.2 Å². The molecule has 3 rings (SSSR count). The largest absolute Gasteiger partial charge is 0.573 e. The van der Waals surface area contributed by atoms with Crippen LogP contribution in [0.1, 0.15) is 11.3 Å². The molecule has 170 valence electrons. The molecule has 1 N–H and O–H groups in total. The monoisotopic (exact) mass is 477 g/mol. The number of rotatable bonds is 8. The average molecular weight is 478 g/mol. The summed E-state index contributed by atoms with van der Waals surface area (Å²) in [6.45, 7) is 3.42. The zero-order valence-corrected chi connectivity index (χ0v) is 18.1. The van der Waals surface area contributed by atoms with Crippen molar-refractivity contribution in [3.63, 3.8) is 0 Å². The van der Waals surface area contributed by atoms with Gasteiger partial charge in [-0.15, -0.1) is 24.5 Å². The first-order valence-electron chi connectivity index (χ1n) is 9.50. The normalized spacial score (nSPS) is 15.8. The number of amides is 1. The fraction of sp³-hybridized carbons (Fsp3) is 0.421. The Kier molecular flexibility index (Phi) is 7.57. The molecule has 0 atom stereocenters. The second-order valence-corrected chi connectivity index (χ2v) is 9.70. The van der Waals surface area contributed by atoms with E-state index in [-0.39, 0.29) is 23.8 Å². The fourth-order valence-electron chi connectivity index (χ4n) is 3.13. The van der Waals surface area contributed by atoms with Crippen LogP contribution in [0.15, 0.2) is 46.7 Å². The van der Waals surface area contributed by atoms with Crippen LogP contribution in [-0.2, 0) is 21.4 Å². The Morgan fingerprint density at radius 2 is 1.77 bits per heavy atom. The highest BCUT2D eigenvalue weighted by Gasteiger charge is 2.31. The Morgan fingerprint density at radius 3 is 2.35 bits per heavy atom. The number of piperazine rings is 1. The van der Waals surface area contributed by atoms with Crippen LogP contribution in [-0.4, -0.2) is 63.2 Å². The third kappa shape index (κ3) is 7.20. The maximum Gasteiger partial charge on any atom is 0.573 e. The molecular formula is C19H22F3N3O4S2. The molecule has 1 aromatic heterocycles. The summed E-state index contributed by atoms with van der Waals surface area (Å²) in [6, 6.07) is 7.94. The van der Waals surface area contributed by atoms with Crippen molar-refractivity contribution in [1.82, 2.24) is 14.5 Å². The number of alkyl halides is 3. The average Bonchev–Trinajstić information content (AvgIpc) is 3.20. The van der Waals surface area contributed by atoms with Crippen LogP contribution < -0.4 is 9.46 Å². The van der Waals surface area contributed by atoms with E-state index in [0.717, 1.165) is 43.9 Å². The SMILES string of the molecule is O=C(CCNS(=O)(=O)c1ccc(OC(F)(F)F)cc1)N1CCN(Cc2cccs2)CC1. The molecule has 1 saturated heterocycles. The molecule has 0 spiro atoms. The van der Waals surface area contributed by atoms with E-state index in [1.165, 1.54) is 4.88 Å². The van der Waals surface area contributed by atoms with Gasteiger partial charge in [0.2, 0.25) is 15.9 Å². The van der Waals surface area contributed by atoms with Crippen LogP contribution in [0.4, 0.5) is 13.2 Å². The van der Waals surface area contributed by atoms with Crippen LogP contribution in [0.5, 0.6) is 5.75 Å². The van der Waals surface area contributed by atoms with Gasteiger partial charge in [0.1, 0.15) is 5.75 Å². The van der Waals surface area contributed by atoms with Crippen molar-refractivity contribution < 1.29 is 31.1 Å². The van der Waals surface area contributed by atoms with Gasteiger partial charge in [0.05, 0.1) is 4.90 Å². The summed E-state index contributed by atoms with van der Waals surface area (Å²) in [6.07, 6.45) is -4.85. The van der Waals surface area contributed by atoms with Crippen LogP contribution in [0.25, 0.3) is 0 Å². The summed E-state index contributed by atoms with van der Waals surface area (Å²) >= 11 is 1.69. The molecule has 2 aromatic rings. The minimum Gasteiger partial charge on any atom is -0.406 e. The quantitative estimate of drug-likeness (QED) is 0.633. The summed E-state index contributed by atoms with van der Waals surface area (Å²) in [5.74, 6) is -0.660. The molecule has 2 heterocycles.